The van der Waals surface area contributed by atoms with Crippen LogP contribution in [0, 0.1) is 11.7 Å². The smallest absolute Gasteiger partial charge is 0.250 e. The SMILES string of the molecule is CCOc1ccc(N2CC(=O)NC(C(C)C)C2=O)cc1F. The Morgan fingerprint density at radius 3 is 2.71 bits per heavy atom. The number of nitrogens with one attached hydrogen (secondary N) is 1. The number of hydrogen-bond donors (Lipinski definition) is 1. The quantitative estimate of drug-likeness (QED) is 0.919. The first-order valence-corrected chi connectivity index (χ1v) is 6.97. The minimum Gasteiger partial charge on any atom is -0.491 e. The average molecular weight is 294 g/mol. The highest BCUT2D eigenvalue weighted by atomic mass is 19.1. The van der Waals surface area contributed by atoms with Crippen LogP contribution in [0.4, 0.5) is 10.1 Å². The normalized spacial score (nSPS) is 18.9. The number of amides is 2. The molecule has 0 bridgehead atoms. The highest BCUT2D eigenvalue weighted by Gasteiger charge is 2.35. The van der Waals surface area contributed by atoms with Gasteiger partial charge in [0, 0.05) is 11.8 Å². The van der Waals surface area contributed by atoms with Crippen molar-refractivity contribution < 1.29 is 18.7 Å². The number of nitrogens with zero attached hydrogens (tertiary/aromatic N) is 1. The summed E-state index contributed by atoms with van der Waals surface area (Å²) in [6.07, 6.45) is 0. The van der Waals surface area contributed by atoms with E-state index in [4.69, 9.17) is 4.74 Å². The van der Waals surface area contributed by atoms with Crippen molar-refractivity contribution in [3.05, 3.63) is 24.0 Å². The topological polar surface area (TPSA) is 58.6 Å². The van der Waals surface area contributed by atoms with Crippen molar-refractivity contribution in [2.24, 2.45) is 5.92 Å². The van der Waals surface area contributed by atoms with Gasteiger partial charge in [-0.25, -0.2) is 4.39 Å². The van der Waals surface area contributed by atoms with Gasteiger partial charge in [0.15, 0.2) is 11.6 Å². The van der Waals surface area contributed by atoms with Gasteiger partial charge in [-0.2, -0.15) is 0 Å². The van der Waals surface area contributed by atoms with Gasteiger partial charge < -0.3 is 15.0 Å². The van der Waals surface area contributed by atoms with E-state index in [1.54, 1.807) is 13.0 Å². The lowest BCUT2D eigenvalue weighted by molar-refractivity contribution is -0.132. The minimum absolute atomic E-state index is 0.0307. The predicted molar refractivity (Wildman–Crippen MR) is 76.7 cm³/mol. The summed E-state index contributed by atoms with van der Waals surface area (Å²) in [5.74, 6) is -0.919. The van der Waals surface area contributed by atoms with Gasteiger partial charge in [-0.15, -0.1) is 0 Å². The standard InChI is InChI=1S/C15H19FN2O3/c1-4-21-12-6-5-10(7-11(12)16)18-8-13(19)17-14(9(2)3)15(18)20/h5-7,9,14H,4,8H2,1-3H3,(H,17,19). The molecule has 1 aliphatic rings. The van der Waals surface area contributed by atoms with E-state index in [0.29, 0.717) is 12.3 Å². The molecule has 1 unspecified atom stereocenters. The highest BCUT2D eigenvalue weighted by molar-refractivity contribution is 6.06. The molecule has 2 rings (SSSR count). The Bertz CT molecular complexity index is 560. The molecular formula is C15H19FN2O3. The molecule has 1 N–H and O–H groups in total. The van der Waals surface area contributed by atoms with Crippen molar-refractivity contribution in [1.29, 1.82) is 0 Å². The number of carbonyl (C=O) groups is 2. The van der Waals surface area contributed by atoms with Crippen LogP contribution in [0.3, 0.4) is 0 Å². The number of piperazine rings is 1. The summed E-state index contributed by atoms with van der Waals surface area (Å²) in [6.45, 7) is 5.72. The van der Waals surface area contributed by atoms with E-state index in [0.717, 1.165) is 0 Å². The molecule has 1 fully saturated rings. The zero-order valence-electron chi connectivity index (χ0n) is 12.4. The van der Waals surface area contributed by atoms with Crippen molar-refractivity contribution >= 4 is 17.5 Å². The molecule has 5 nitrogen and oxygen atoms in total. The van der Waals surface area contributed by atoms with E-state index < -0.39 is 11.9 Å². The van der Waals surface area contributed by atoms with Gasteiger partial charge in [0.25, 0.3) is 0 Å². The van der Waals surface area contributed by atoms with E-state index in [1.807, 2.05) is 13.8 Å². The monoisotopic (exact) mass is 294 g/mol. The molecule has 0 radical (unpaired) electrons. The Hall–Kier alpha value is -2.11. The fourth-order valence-corrected chi connectivity index (χ4v) is 2.27. The lowest BCUT2D eigenvalue weighted by atomic mass is 10.0. The number of carbonyl (C=O) groups excluding carboxylic acids is 2. The zero-order chi connectivity index (χ0) is 15.6. The summed E-state index contributed by atoms with van der Waals surface area (Å²) in [5, 5.41) is 2.66. The molecule has 1 aromatic rings. The number of halogens is 1. The van der Waals surface area contributed by atoms with Crippen molar-refractivity contribution in [1.82, 2.24) is 5.32 Å². The lowest BCUT2D eigenvalue weighted by Gasteiger charge is -2.34. The van der Waals surface area contributed by atoms with Crippen LogP contribution in [0.5, 0.6) is 5.75 Å². The summed E-state index contributed by atoms with van der Waals surface area (Å²) < 4.78 is 19.0. The van der Waals surface area contributed by atoms with Crippen LogP contribution in [0.25, 0.3) is 0 Å². The van der Waals surface area contributed by atoms with E-state index >= 15 is 0 Å². The Morgan fingerprint density at radius 1 is 1.43 bits per heavy atom. The molecule has 0 aromatic heterocycles. The van der Waals surface area contributed by atoms with Crippen LogP contribution in [-0.2, 0) is 9.59 Å². The molecule has 2 amide bonds. The summed E-state index contributed by atoms with van der Waals surface area (Å²) in [6, 6.07) is 3.69. The van der Waals surface area contributed by atoms with Crippen LogP contribution in [0.15, 0.2) is 18.2 Å². The number of benzene rings is 1. The third kappa shape index (κ3) is 3.15. The lowest BCUT2D eigenvalue weighted by Crippen LogP contribution is -2.60. The highest BCUT2D eigenvalue weighted by Crippen LogP contribution is 2.26. The Kier molecular flexibility index (Phi) is 4.45. The molecule has 6 heteroatoms. The van der Waals surface area contributed by atoms with Gasteiger partial charge in [0.2, 0.25) is 11.8 Å². The summed E-state index contributed by atoms with van der Waals surface area (Å²) in [4.78, 5) is 25.4. The molecule has 0 saturated carbocycles. The van der Waals surface area contributed by atoms with E-state index in [-0.39, 0.29) is 30.0 Å². The van der Waals surface area contributed by atoms with E-state index in [1.165, 1.54) is 17.0 Å². The third-order valence-corrected chi connectivity index (χ3v) is 3.34. The first kappa shape index (κ1) is 15.3. The number of hydrogen-bond acceptors (Lipinski definition) is 3. The molecule has 0 aliphatic carbocycles. The largest absolute Gasteiger partial charge is 0.491 e. The minimum atomic E-state index is -0.583. The van der Waals surface area contributed by atoms with Crippen molar-refractivity contribution in [2.75, 3.05) is 18.1 Å². The molecular weight excluding hydrogens is 275 g/mol. The van der Waals surface area contributed by atoms with Crippen LogP contribution < -0.4 is 15.0 Å². The zero-order valence-corrected chi connectivity index (χ0v) is 12.4. The predicted octanol–water partition coefficient (Wildman–Crippen LogP) is 1.71. The fourth-order valence-electron chi connectivity index (χ4n) is 2.27. The van der Waals surface area contributed by atoms with Gasteiger partial charge in [-0.3, -0.25) is 9.59 Å². The second kappa shape index (κ2) is 6.11. The number of ether oxygens (including phenoxy) is 1. The third-order valence-electron chi connectivity index (χ3n) is 3.34. The first-order chi connectivity index (χ1) is 9.93. The maximum atomic E-state index is 13.9. The molecule has 1 atom stereocenters. The molecule has 0 spiro atoms. The Morgan fingerprint density at radius 2 is 2.14 bits per heavy atom. The Labute approximate surface area is 123 Å². The first-order valence-electron chi connectivity index (χ1n) is 6.97. The van der Waals surface area contributed by atoms with Crippen molar-refractivity contribution in [2.45, 2.75) is 26.8 Å². The molecule has 114 valence electrons. The summed E-state index contributed by atoms with van der Waals surface area (Å²) >= 11 is 0. The van der Waals surface area contributed by atoms with Gasteiger partial charge in [0.05, 0.1) is 6.61 Å². The van der Waals surface area contributed by atoms with Gasteiger partial charge in [-0.05, 0) is 25.0 Å². The number of rotatable bonds is 4. The average Bonchev–Trinajstić information content (AvgIpc) is 2.43. The maximum absolute atomic E-state index is 13.9. The molecule has 21 heavy (non-hydrogen) atoms. The van der Waals surface area contributed by atoms with E-state index in [2.05, 4.69) is 5.32 Å². The molecule has 1 aliphatic heterocycles. The maximum Gasteiger partial charge on any atom is 0.250 e. The number of anilines is 1. The second-order valence-corrected chi connectivity index (χ2v) is 5.26. The molecule has 1 aromatic carbocycles. The van der Waals surface area contributed by atoms with Gasteiger partial charge >= 0.3 is 0 Å². The van der Waals surface area contributed by atoms with E-state index in [9.17, 15) is 14.0 Å². The van der Waals surface area contributed by atoms with Crippen LogP contribution in [0.1, 0.15) is 20.8 Å². The van der Waals surface area contributed by atoms with Crippen LogP contribution in [-0.4, -0.2) is 31.0 Å². The molecule has 1 saturated heterocycles. The van der Waals surface area contributed by atoms with Gasteiger partial charge in [0.1, 0.15) is 12.6 Å². The van der Waals surface area contributed by atoms with Crippen molar-refractivity contribution in [3.8, 4) is 5.75 Å². The second-order valence-electron chi connectivity index (χ2n) is 5.26. The summed E-state index contributed by atoms with van der Waals surface area (Å²) in [5.41, 5.74) is 0.362. The van der Waals surface area contributed by atoms with Gasteiger partial charge in [-0.1, -0.05) is 13.8 Å². The van der Waals surface area contributed by atoms with Crippen molar-refractivity contribution in [3.63, 3.8) is 0 Å². The Balaban J connectivity index is 2.29. The summed E-state index contributed by atoms with van der Waals surface area (Å²) in [7, 11) is 0. The molecule has 1 heterocycles. The van der Waals surface area contributed by atoms with Crippen LogP contribution in [0.2, 0.25) is 0 Å². The van der Waals surface area contributed by atoms with Crippen LogP contribution >= 0.6 is 0 Å². The fraction of sp³-hybridized carbons (Fsp3) is 0.467.